The molecule has 0 aliphatic carbocycles. The van der Waals surface area contributed by atoms with Crippen LogP contribution in [0, 0.1) is 5.92 Å². The highest BCUT2D eigenvalue weighted by Crippen LogP contribution is 2.26. The van der Waals surface area contributed by atoms with Crippen LogP contribution in [0.25, 0.3) is 0 Å². The average molecular weight is 341 g/mol. The molecule has 0 aromatic heterocycles. The maximum atomic E-state index is 11.6. The van der Waals surface area contributed by atoms with Crippen LogP contribution in [-0.4, -0.2) is 23.3 Å². The zero-order valence-corrected chi connectivity index (χ0v) is 16.1. The molecule has 3 atom stereocenters. The van der Waals surface area contributed by atoms with Gasteiger partial charge in [0.05, 0.1) is 5.92 Å². The van der Waals surface area contributed by atoms with Crippen LogP contribution >= 0.6 is 0 Å². The zero-order valence-electron chi connectivity index (χ0n) is 16.1. The normalized spacial score (nSPS) is 23.6. The molecule has 1 rings (SSSR count). The third-order valence-electron chi connectivity index (χ3n) is 5.37. The van der Waals surface area contributed by atoms with Crippen molar-refractivity contribution in [1.29, 1.82) is 0 Å². The molecule has 142 valence electrons. The number of aliphatic hydroxyl groups is 1. The summed E-state index contributed by atoms with van der Waals surface area (Å²) in [6.45, 7) is 4.04. The van der Waals surface area contributed by atoms with Crippen LogP contribution in [0.1, 0.15) is 110 Å². The van der Waals surface area contributed by atoms with E-state index in [4.69, 9.17) is 4.74 Å². The summed E-state index contributed by atoms with van der Waals surface area (Å²) in [6.07, 6.45) is 18.6. The predicted molar refractivity (Wildman–Crippen MR) is 100.0 cm³/mol. The Morgan fingerprint density at radius 2 is 1.21 bits per heavy atom. The highest BCUT2D eigenvalue weighted by molar-refractivity contribution is 5.75. The third-order valence-corrected chi connectivity index (χ3v) is 5.37. The number of ether oxygens (including phenoxy) is 1. The van der Waals surface area contributed by atoms with Gasteiger partial charge in [0.15, 0.2) is 0 Å². The minimum Gasteiger partial charge on any atom is -0.460 e. The topological polar surface area (TPSA) is 46.5 Å². The molecule has 1 N–H and O–H groups in total. The third kappa shape index (κ3) is 9.05. The summed E-state index contributed by atoms with van der Waals surface area (Å²) in [7, 11) is 0. The Labute approximate surface area is 149 Å². The van der Waals surface area contributed by atoms with Gasteiger partial charge in [-0.05, 0) is 13.3 Å². The van der Waals surface area contributed by atoms with Crippen LogP contribution in [-0.2, 0) is 9.53 Å². The minimum absolute atomic E-state index is 0.204. The Morgan fingerprint density at radius 3 is 1.58 bits per heavy atom. The summed E-state index contributed by atoms with van der Waals surface area (Å²) >= 11 is 0. The molecule has 0 spiro atoms. The molecule has 1 heterocycles. The maximum absolute atomic E-state index is 11.6. The number of unbranched alkanes of at least 4 members (excludes halogenated alkanes) is 13. The molecule has 1 aliphatic rings. The van der Waals surface area contributed by atoms with Crippen molar-refractivity contribution in [3.8, 4) is 0 Å². The largest absolute Gasteiger partial charge is 0.460 e. The van der Waals surface area contributed by atoms with Crippen LogP contribution in [0.15, 0.2) is 0 Å². The summed E-state index contributed by atoms with van der Waals surface area (Å²) in [4.78, 5) is 11.6. The van der Waals surface area contributed by atoms with E-state index in [1.54, 1.807) is 6.92 Å². The minimum atomic E-state index is -0.598. The Hall–Kier alpha value is -0.570. The number of rotatable bonds is 15. The molecule has 1 fully saturated rings. The molecule has 0 bridgehead atoms. The van der Waals surface area contributed by atoms with Crippen LogP contribution in [0.5, 0.6) is 0 Å². The average Bonchev–Trinajstić information content (AvgIpc) is 2.81. The van der Waals surface area contributed by atoms with Gasteiger partial charge in [0.25, 0.3) is 0 Å². The van der Waals surface area contributed by atoms with Gasteiger partial charge < -0.3 is 9.84 Å². The number of carbonyl (C=O) groups is 1. The van der Waals surface area contributed by atoms with Gasteiger partial charge in [0, 0.05) is 0 Å². The quantitative estimate of drug-likeness (QED) is 0.303. The van der Waals surface area contributed by atoms with E-state index in [1.807, 2.05) is 0 Å². The Kier molecular flexibility index (Phi) is 12.2. The Morgan fingerprint density at radius 1 is 0.792 bits per heavy atom. The highest BCUT2D eigenvalue weighted by atomic mass is 16.6. The summed E-state index contributed by atoms with van der Waals surface area (Å²) < 4.78 is 5.07. The van der Waals surface area contributed by atoms with Crippen molar-refractivity contribution in [2.24, 2.45) is 5.92 Å². The first-order valence-corrected chi connectivity index (χ1v) is 10.6. The second-order valence-corrected chi connectivity index (χ2v) is 7.62. The number of cyclic esters (lactones) is 1. The van der Waals surface area contributed by atoms with Gasteiger partial charge in [-0.15, -0.1) is 0 Å². The molecule has 0 aromatic carbocycles. The van der Waals surface area contributed by atoms with E-state index in [9.17, 15) is 9.90 Å². The monoisotopic (exact) mass is 340 g/mol. The molecule has 1 saturated heterocycles. The van der Waals surface area contributed by atoms with E-state index in [2.05, 4.69) is 6.92 Å². The first kappa shape index (κ1) is 21.5. The fraction of sp³-hybridized carbons (Fsp3) is 0.952. The van der Waals surface area contributed by atoms with Gasteiger partial charge in [-0.1, -0.05) is 96.8 Å². The second kappa shape index (κ2) is 13.7. The first-order chi connectivity index (χ1) is 11.7. The van der Waals surface area contributed by atoms with Crippen LogP contribution < -0.4 is 0 Å². The van der Waals surface area contributed by atoms with Crippen LogP contribution in [0.4, 0.5) is 0 Å². The molecule has 0 saturated carbocycles. The predicted octanol–water partition coefficient (Wildman–Crippen LogP) is 5.78. The molecule has 0 radical (unpaired) electrons. The fourth-order valence-electron chi connectivity index (χ4n) is 3.65. The van der Waals surface area contributed by atoms with Crippen molar-refractivity contribution in [2.45, 2.75) is 122 Å². The molecule has 3 nitrogen and oxygen atoms in total. The van der Waals surface area contributed by atoms with Gasteiger partial charge in [-0.25, -0.2) is 0 Å². The summed E-state index contributed by atoms with van der Waals surface area (Å²) in [5, 5.41) is 9.89. The van der Waals surface area contributed by atoms with Crippen molar-refractivity contribution in [3.63, 3.8) is 0 Å². The Balaban J connectivity index is 1.80. The van der Waals surface area contributed by atoms with E-state index >= 15 is 0 Å². The van der Waals surface area contributed by atoms with Crippen molar-refractivity contribution >= 4 is 5.97 Å². The highest BCUT2D eigenvalue weighted by Gasteiger charge is 2.40. The van der Waals surface area contributed by atoms with Gasteiger partial charge in [-0.3, -0.25) is 4.79 Å². The van der Waals surface area contributed by atoms with E-state index in [1.165, 1.54) is 83.5 Å². The molecule has 1 unspecified atom stereocenters. The van der Waals surface area contributed by atoms with Gasteiger partial charge in [-0.2, -0.15) is 0 Å². The summed E-state index contributed by atoms with van der Waals surface area (Å²) in [5.41, 5.74) is 0. The molecule has 24 heavy (non-hydrogen) atoms. The van der Waals surface area contributed by atoms with Crippen molar-refractivity contribution < 1.29 is 14.6 Å². The number of hydrogen-bond acceptors (Lipinski definition) is 3. The van der Waals surface area contributed by atoms with Crippen LogP contribution in [0.2, 0.25) is 0 Å². The number of hydrogen-bond donors (Lipinski definition) is 1. The number of carbonyl (C=O) groups excluding carboxylic acids is 1. The molecule has 0 amide bonds. The number of aliphatic hydroxyl groups excluding tert-OH is 1. The lowest BCUT2D eigenvalue weighted by Crippen LogP contribution is -2.24. The summed E-state index contributed by atoms with van der Waals surface area (Å²) in [6, 6.07) is 0. The van der Waals surface area contributed by atoms with Gasteiger partial charge >= 0.3 is 5.97 Å². The van der Waals surface area contributed by atoms with Crippen molar-refractivity contribution in [3.05, 3.63) is 0 Å². The van der Waals surface area contributed by atoms with Gasteiger partial charge in [0.1, 0.15) is 12.2 Å². The SMILES string of the molecule is CCCCCCCCCCCCCCCCC1C(=O)O[C@@H](C)[C@@H]1O. The standard InChI is InChI=1S/C21H40O3/c1-3-4-5-6-7-8-9-10-11-12-13-14-15-16-17-19-20(22)18(2)24-21(19)23/h18-20,22H,3-17H2,1-2H3/t18-,19?,20-/m0/s1. The summed E-state index contributed by atoms with van der Waals surface area (Å²) in [5.74, 6) is -0.484. The first-order valence-electron chi connectivity index (χ1n) is 10.6. The zero-order chi connectivity index (χ0) is 17.6. The second-order valence-electron chi connectivity index (χ2n) is 7.62. The van der Waals surface area contributed by atoms with E-state index in [0.717, 1.165) is 12.8 Å². The molecular weight excluding hydrogens is 300 g/mol. The fourth-order valence-corrected chi connectivity index (χ4v) is 3.65. The lowest BCUT2D eigenvalue weighted by Gasteiger charge is -2.11. The number of esters is 1. The smallest absolute Gasteiger partial charge is 0.312 e. The van der Waals surface area contributed by atoms with E-state index in [-0.39, 0.29) is 18.0 Å². The van der Waals surface area contributed by atoms with Crippen molar-refractivity contribution in [1.82, 2.24) is 0 Å². The molecule has 0 aromatic rings. The van der Waals surface area contributed by atoms with Gasteiger partial charge in [0.2, 0.25) is 0 Å². The molecular formula is C21H40O3. The molecule has 3 heteroatoms. The maximum Gasteiger partial charge on any atom is 0.312 e. The van der Waals surface area contributed by atoms with Crippen LogP contribution in [0.3, 0.4) is 0 Å². The van der Waals surface area contributed by atoms with E-state index in [0.29, 0.717) is 0 Å². The lowest BCUT2D eigenvalue weighted by atomic mass is 9.95. The lowest BCUT2D eigenvalue weighted by molar-refractivity contribution is -0.143. The van der Waals surface area contributed by atoms with Crippen molar-refractivity contribution in [2.75, 3.05) is 0 Å². The van der Waals surface area contributed by atoms with E-state index < -0.39 is 6.10 Å². The Bertz CT molecular complexity index is 316. The molecule has 1 aliphatic heterocycles.